The van der Waals surface area contributed by atoms with E-state index in [2.05, 4.69) is 9.38 Å². The maximum atomic E-state index is 11.6. The molecule has 0 aliphatic heterocycles. The molecule has 1 atom stereocenters. The van der Waals surface area contributed by atoms with Gasteiger partial charge in [0.1, 0.15) is 16.1 Å². The molecule has 1 aromatic heterocycles. The van der Waals surface area contributed by atoms with Crippen LogP contribution < -0.4 is 0 Å². The molecule has 0 spiro atoms. The molecular weight excluding hydrogens is 232 g/mol. The van der Waals surface area contributed by atoms with Gasteiger partial charge in [-0.05, 0) is 38.5 Å². The lowest BCUT2D eigenvalue weighted by atomic mass is 10.3. The van der Waals surface area contributed by atoms with Gasteiger partial charge in [-0.2, -0.15) is 4.40 Å². The van der Waals surface area contributed by atoms with Crippen molar-refractivity contribution in [2.45, 2.75) is 25.5 Å². The molecule has 0 unspecified atom stereocenters. The van der Waals surface area contributed by atoms with Crippen molar-refractivity contribution >= 4 is 28.8 Å². The predicted molar refractivity (Wildman–Crippen MR) is 64.7 cm³/mol. The smallest absolute Gasteiger partial charge is 0.144 e. The Morgan fingerprint density at radius 2 is 2.20 bits per heavy atom. The number of rotatable bonds is 2. The second-order valence-electron chi connectivity index (χ2n) is 4.01. The molecule has 5 heteroatoms. The van der Waals surface area contributed by atoms with Gasteiger partial charge < -0.3 is 0 Å². The van der Waals surface area contributed by atoms with Gasteiger partial charge in [0.05, 0.1) is 4.75 Å². The highest BCUT2D eigenvalue weighted by Gasteiger charge is 2.17. The van der Waals surface area contributed by atoms with Crippen molar-refractivity contribution in [1.29, 1.82) is 0 Å². The lowest BCUT2D eigenvalue weighted by molar-refractivity contribution is 0.651. The van der Waals surface area contributed by atoms with E-state index < -0.39 is 11.0 Å². The topological polar surface area (TPSA) is 42.3 Å². The van der Waals surface area contributed by atoms with Gasteiger partial charge in [0, 0.05) is 12.4 Å². The fraction of sp³-hybridized carbons (Fsp3) is 0.400. The molecule has 0 saturated carbocycles. The number of nitrogens with zero attached hydrogens (tertiary/aromatic N) is 2. The van der Waals surface area contributed by atoms with E-state index in [9.17, 15) is 4.21 Å². The van der Waals surface area contributed by atoms with E-state index in [1.54, 1.807) is 24.5 Å². The highest BCUT2D eigenvalue weighted by atomic mass is 35.5. The lowest BCUT2D eigenvalue weighted by Gasteiger charge is -2.12. The minimum atomic E-state index is -1.24. The van der Waals surface area contributed by atoms with E-state index in [4.69, 9.17) is 11.6 Å². The first-order valence-corrected chi connectivity index (χ1v) is 5.96. The number of halogens is 1. The molecule has 0 aromatic carbocycles. The van der Waals surface area contributed by atoms with Crippen LogP contribution in [0, 0.1) is 0 Å². The van der Waals surface area contributed by atoms with Crippen molar-refractivity contribution in [3.8, 4) is 0 Å². The molecule has 0 fully saturated rings. The molecule has 1 rings (SSSR count). The molecule has 0 N–H and O–H groups in total. The van der Waals surface area contributed by atoms with Crippen LogP contribution in [0.25, 0.3) is 0 Å². The average Bonchev–Trinajstić information content (AvgIpc) is 2.12. The minimum Gasteiger partial charge on any atom is -0.245 e. The third kappa shape index (κ3) is 4.10. The highest BCUT2D eigenvalue weighted by Crippen LogP contribution is 2.12. The Bertz CT molecular complexity index is 399. The van der Waals surface area contributed by atoms with Crippen LogP contribution in [0.2, 0.25) is 5.15 Å². The molecular formula is C10H13ClN2OS. The maximum absolute atomic E-state index is 11.6. The van der Waals surface area contributed by atoms with Crippen LogP contribution in [-0.4, -0.2) is 20.2 Å². The van der Waals surface area contributed by atoms with Gasteiger partial charge in [-0.1, -0.05) is 11.6 Å². The van der Waals surface area contributed by atoms with Crippen LogP contribution in [-0.2, 0) is 11.0 Å². The third-order valence-electron chi connectivity index (χ3n) is 1.57. The van der Waals surface area contributed by atoms with Crippen LogP contribution in [0.1, 0.15) is 26.3 Å². The van der Waals surface area contributed by atoms with Crippen LogP contribution in [0.3, 0.4) is 0 Å². The molecule has 1 aromatic rings. The quantitative estimate of drug-likeness (QED) is 0.593. The van der Waals surface area contributed by atoms with Gasteiger partial charge in [0.2, 0.25) is 0 Å². The van der Waals surface area contributed by atoms with Crippen LogP contribution in [0.4, 0.5) is 0 Å². The standard InChI is InChI=1S/C10H13ClN2OS/c1-10(2,3)15(14)13-7-8-4-5-12-9(11)6-8/h4-7H,1-3H3/b13-7+/t15-/m1/s1. The zero-order valence-corrected chi connectivity index (χ0v) is 10.5. The highest BCUT2D eigenvalue weighted by molar-refractivity contribution is 7.85. The lowest BCUT2D eigenvalue weighted by Crippen LogP contribution is -2.19. The zero-order valence-electron chi connectivity index (χ0n) is 8.90. The summed E-state index contributed by atoms with van der Waals surface area (Å²) in [7, 11) is -1.24. The summed E-state index contributed by atoms with van der Waals surface area (Å²) in [4.78, 5) is 3.84. The third-order valence-corrected chi connectivity index (χ3v) is 3.12. The van der Waals surface area contributed by atoms with Crippen LogP contribution in [0.15, 0.2) is 22.7 Å². The minimum absolute atomic E-state index is 0.340. The summed E-state index contributed by atoms with van der Waals surface area (Å²) < 4.78 is 15.2. The number of pyridine rings is 1. The fourth-order valence-electron chi connectivity index (χ4n) is 0.765. The Morgan fingerprint density at radius 1 is 1.53 bits per heavy atom. The Balaban J connectivity index is 2.79. The van der Waals surface area contributed by atoms with Crippen molar-refractivity contribution in [2.75, 3.05) is 0 Å². The molecule has 0 bridgehead atoms. The largest absolute Gasteiger partial charge is 0.245 e. The summed E-state index contributed by atoms with van der Waals surface area (Å²) in [5.74, 6) is 0. The number of hydrogen-bond acceptors (Lipinski definition) is 2. The van der Waals surface area contributed by atoms with Gasteiger partial charge in [-0.25, -0.2) is 9.19 Å². The summed E-state index contributed by atoms with van der Waals surface area (Å²) in [6.45, 7) is 5.62. The van der Waals surface area contributed by atoms with Crippen molar-refractivity contribution < 1.29 is 4.21 Å². The number of aromatic nitrogens is 1. The second-order valence-corrected chi connectivity index (χ2v) is 6.33. The van der Waals surface area contributed by atoms with E-state index in [0.29, 0.717) is 5.15 Å². The zero-order chi connectivity index (χ0) is 11.5. The van der Waals surface area contributed by atoms with Gasteiger partial charge in [-0.15, -0.1) is 0 Å². The second kappa shape index (κ2) is 4.86. The van der Waals surface area contributed by atoms with Crippen molar-refractivity contribution in [1.82, 2.24) is 4.98 Å². The van der Waals surface area contributed by atoms with Crippen LogP contribution in [0.5, 0.6) is 0 Å². The van der Waals surface area contributed by atoms with Gasteiger partial charge >= 0.3 is 0 Å². The Kier molecular flexibility index (Phi) is 3.99. The Hall–Kier alpha value is -0.740. The summed E-state index contributed by atoms with van der Waals surface area (Å²) >= 11 is 5.70. The molecule has 0 radical (unpaired) electrons. The van der Waals surface area contributed by atoms with Gasteiger partial charge in [0.15, 0.2) is 0 Å². The molecule has 0 amide bonds. The maximum Gasteiger partial charge on any atom is 0.144 e. The van der Waals surface area contributed by atoms with E-state index in [1.807, 2.05) is 20.8 Å². The molecule has 1 heterocycles. The normalized spacial score (nSPS) is 14.4. The predicted octanol–water partition coefficient (Wildman–Crippen LogP) is 2.62. The number of hydrogen-bond donors (Lipinski definition) is 0. The monoisotopic (exact) mass is 244 g/mol. The van der Waals surface area contributed by atoms with Crippen LogP contribution >= 0.6 is 11.6 Å². The Morgan fingerprint density at radius 3 is 2.73 bits per heavy atom. The SMILES string of the molecule is CC(C)(C)[S@@](=O)/N=C/c1ccnc(Cl)c1. The molecule has 0 saturated heterocycles. The van der Waals surface area contributed by atoms with Crippen molar-refractivity contribution in [2.24, 2.45) is 4.40 Å². The van der Waals surface area contributed by atoms with Gasteiger partial charge in [-0.3, -0.25) is 0 Å². The van der Waals surface area contributed by atoms with Crippen molar-refractivity contribution in [3.63, 3.8) is 0 Å². The Labute approximate surface area is 97.2 Å². The van der Waals surface area contributed by atoms with E-state index in [1.165, 1.54) is 0 Å². The van der Waals surface area contributed by atoms with Gasteiger partial charge in [0.25, 0.3) is 0 Å². The average molecular weight is 245 g/mol. The molecule has 15 heavy (non-hydrogen) atoms. The summed E-state index contributed by atoms with van der Waals surface area (Å²) in [6.07, 6.45) is 3.14. The van der Waals surface area contributed by atoms with E-state index in [-0.39, 0.29) is 4.75 Å². The summed E-state index contributed by atoms with van der Waals surface area (Å²) in [6, 6.07) is 3.43. The first-order chi connectivity index (χ1) is 6.89. The van der Waals surface area contributed by atoms with Crippen molar-refractivity contribution in [3.05, 3.63) is 29.0 Å². The molecule has 0 aliphatic rings. The molecule has 3 nitrogen and oxygen atoms in total. The summed E-state index contributed by atoms with van der Waals surface area (Å²) in [5, 5.41) is 0.403. The van der Waals surface area contributed by atoms with E-state index in [0.717, 1.165) is 5.56 Å². The summed E-state index contributed by atoms with van der Waals surface area (Å²) in [5.41, 5.74) is 0.799. The first-order valence-electron chi connectivity index (χ1n) is 4.47. The van der Waals surface area contributed by atoms with E-state index >= 15 is 0 Å². The molecule has 82 valence electrons. The first kappa shape index (κ1) is 12.3. The fourth-order valence-corrected chi connectivity index (χ4v) is 1.48. The molecule has 0 aliphatic carbocycles.